The minimum absolute atomic E-state index is 0. The van der Waals surface area contributed by atoms with Crippen molar-refractivity contribution in [2.75, 3.05) is 0 Å². The second kappa shape index (κ2) is 3.97. The molecule has 0 nitrogen and oxygen atoms in total. The third-order valence-corrected chi connectivity index (χ3v) is 1.09. The molecule has 1 aromatic carbocycles. The summed E-state index contributed by atoms with van der Waals surface area (Å²) in [6.07, 6.45) is -4.48. The molecule has 0 unspecified atom stereocenters. The molecule has 1 aromatic rings. The van der Waals surface area contributed by atoms with Crippen molar-refractivity contribution in [3.8, 4) is 0 Å². The zero-order chi connectivity index (χ0) is 8.48. The molecule has 0 heterocycles. The van der Waals surface area contributed by atoms with E-state index in [4.69, 9.17) is 0 Å². The van der Waals surface area contributed by atoms with Gasteiger partial charge < -0.3 is 0 Å². The quantitative estimate of drug-likeness (QED) is 0.283. The minimum Gasteiger partial charge on any atom is -0.236 e. The van der Waals surface area contributed by atoms with Crippen LogP contribution in [0.2, 0.25) is 0 Å². The summed E-state index contributed by atoms with van der Waals surface area (Å²) in [5.41, 5.74) is -0.992. The SMILES string of the molecule is Fc1[c-]ccc(C(F)(F)F)c1.[Li+]. The van der Waals surface area contributed by atoms with Crippen molar-refractivity contribution in [3.63, 3.8) is 0 Å². The number of halogens is 4. The van der Waals surface area contributed by atoms with Gasteiger partial charge in [-0.2, -0.15) is 25.3 Å². The van der Waals surface area contributed by atoms with Crippen LogP contribution in [0.15, 0.2) is 18.2 Å². The molecule has 0 fully saturated rings. The molecule has 5 heteroatoms. The van der Waals surface area contributed by atoms with Crippen LogP contribution in [0, 0.1) is 11.9 Å². The predicted octanol–water partition coefficient (Wildman–Crippen LogP) is -0.351. The number of hydrogen-bond acceptors (Lipinski definition) is 0. The molecule has 0 aliphatic carbocycles. The maximum Gasteiger partial charge on any atom is 1.00 e. The van der Waals surface area contributed by atoms with Crippen LogP contribution in [0.25, 0.3) is 0 Å². The van der Waals surface area contributed by atoms with E-state index >= 15 is 0 Å². The Morgan fingerprint density at radius 1 is 1.25 bits per heavy atom. The van der Waals surface area contributed by atoms with Crippen LogP contribution in [-0.4, -0.2) is 0 Å². The summed E-state index contributed by atoms with van der Waals surface area (Å²) in [6, 6.07) is 4.05. The van der Waals surface area contributed by atoms with Crippen molar-refractivity contribution < 1.29 is 36.4 Å². The molecule has 0 spiro atoms. The van der Waals surface area contributed by atoms with Gasteiger partial charge in [-0.3, -0.25) is 0 Å². The smallest absolute Gasteiger partial charge is 0.236 e. The summed E-state index contributed by atoms with van der Waals surface area (Å²) in [7, 11) is 0. The van der Waals surface area contributed by atoms with Gasteiger partial charge in [-0.15, -0.1) is 12.1 Å². The van der Waals surface area contributed by atoms with Crippen molar-refractivity contribution >= 4 is 0 Å². The van der Waals surface area contributed by atoms with Gasteiger partial charge in [0.1, 0.15) is 0 Å². The predicted molar refractivity (Wildman–Crippen MR) is 30.2 cm³/mol. The molecule has 0 aliphatic heterocycles. The fraction of sp³-hybridized carbons (Fsp3) is 0.143. The van der Waals surface area contributed by atoms with Crippen molar-refractivity contribution in [1.29, 1.82) is 0 Å². The molecule has 0 aliphatic rings. The van der Waals surface area contributed by atoms with E-state index in [2.05, 4.69) is 0 Å². The number of hydrogen-bond donors (Lipinski definition) is 0. The van der Waals surface area contributed by atoms with E-state index < -0.39 is 17.6 Å². The van der Waals surface area contributed by atoms with E-state index in [0.29, 0.717) is 6.07 Å². The van der Waals surface area contributed by atoms with Crippen LogP contribution >= 0.6 is 0 Å². The third-order valence-electron chi connectivity index (χ3n) is 1.09. The van der Waals surface area contributed by atoms with Crippen molar-refractivity contribution in [1.82, 2.24) is 0 Å². The summed E-state index contributed by atoms with van der Waals surface area (Å²) in [4.78, 5) is 0. The largest absolute Gasteiger partial charge is 1.00 e. The molecule has 0 saturated carbocycles. The first-order valence-electron chi connectivity index (χ1n) is 2.74. The first-order chi connectivity index (χ1) is 5.00. The molecule has 0 radical (unpaired) electrons. The number of benzene rings is 1. The Labute approximate surface area is 78.8 Å². The van der Waals surface area contributed by atoms with Gasteiger partial charge in [0, 0.05) is 5.82 Å². The Kier molecular flexibility index (Phi) is 3.82. The molecule has 1 rings (SSSR count). The van der Waals surface area contributed by atoms with Gasteiger partial charge in [0.05, 0.1) is 0 Å². The maximum absolute atomic E-state index is 12.1. The topological polar surface area (TPSA) is 0 Å². The molecular weight excluding hydrogens is 167 g/mol. The third kappa shape index (κ3) is 2.88. The fourth-order valence-corrected chi connectivity index (χ4v) is 0.614. The van der Waals surface area contributed by atoms with E-state index in [9.17, 15) is 17.6 Å². The van der Waals surface area contributed by atoms with Gasteiger partial charge in [-0.1, -0.05) is 5.56 Å². The van der Waals surface area contributed by atoms with Gasteiger partial charge in [0.25, 0.3) is 0 Å². The van der Waals surface area contributed by atoms with E-state index in [1.54, 1.807) is 0 Å². The van der Waals surface area contributed by atoms with E-state index in [0.717, 1.165) is 12.1 Å². The normalized spacial score (nSPS) is 10.7. The molecule has 0 atom stereocenters. The van der Waals surface area contributed by atoms with Crippen LogP contribution in [0.3, 0.4) is 0 Å². The summed E-state index contributed by atoms with van der Waals surface area (Å²) in [5.74, 6) is -1.00. The summed E-state index contributed by atoms with van der Waals surface area (Å²) < 4.78 is 47.5. The van der Waals surface area contributed by atoms with Crippen molar-refractivity contribution in [2.45, 2.75) is 6.18 Å². The molecule has 0 aromatic heterocycles. The maximum atomic E-state index is 12.1. The van der Waals surface area contributed by atoms with Gasteiger partial charge >= 0.3 is 25.0 Å². The monoisotopic (exact) mass is 170 g/mol. The summed E-state index contributed by atoms with van der Waals surface area (Å²) in [5, 5.41) is 0. The molecule has 60 valence electrons. The zero-order valence-corrected chi connectivity index (χ0v) is 6.24. The fourth-order valence-electron chi connectivity index (χ4n) is 0.614. The zero-order valence-electron chi connectivity index (χ0n) is 6.24. The molecule has 0 amide bonds. The van der Waals surface area contributed by atoms with E-state index in [1.165, 1.54) is 0 Å². The van der Waals surface area contributed by atoms with Gasteiger partial charge in [0.2, 0.25) is 0 Å². The first-order valence-corrected chi connectivity index (χ1v) is 2.74. The standard InChI is InChI=1S/C7H3F4.Li/c8-6-3-1-2-5(4-6)7(9,10)11;/h1-2,4H;/q-1;+1. The summed E-state index contributed by atoms with van der Waals surface area (Å²) in [6.45, 7) is 0. The van der Waals surface area contributed by atoms with Crippen molar-refractivity contribution in [2.24, 2.45) is 0 Å². The Bertz CT molecular complexity index is 256. The first kappa shape index (κ1) is 11.5. The van der Waals surface area contributed by atoms with Crippen LogP contribution in [0.4, 0.5) is 17.6 Å². The molecule has 12 heavy (non-hydrogen) atoms. The van der Waals surface area contributed by atoms with Crippen LogP contribution < -0.4 is 18.9 Å². The Hall–Kier alpha value is -0.463. The minimum atomic E-state index is -4.48. The Morgan fingerprint density at radius 2 is 1.83 bits per heavy atom. The number of alkyl halides is 3. The number of rotatable bonds is 0. The van der Waals surface area contributed by atoms with Crippen LogP contribution in [0.5, 0.6) is 0 Å². The summed E-state index contributed by atoms with van der Waals surface area (Å²) >= 11 is 0. The van der Waals surface area contributed by atoms with Crippen LogP contribution in [0.1, 0.15) is 5.56 Å². The molecular formula is C7H3F4Li. The van der Waals surface area contributed by atoms with Gasteiger partial charge in [0.15, 0.2) is 0 Å². The van der Waals surface area contributed by atoms with E-state index in [1.807, 2.05) is 6.07 Å². The molecule has 0 bridgehead atoms. The molecule has 0 N–H and O–H groups in total. The van der Waals surface area contributed by atoms with Gasteiger partial charge in [-0.05, 0) is 0 Å². The second-order valence-electron chi connectivity index (χ2n) is 1.92. The average molecular weight is 170 g/mol. The Morgan fingerprint density at radius 3 is 2.17 bits per heavy atom. The average Bonchev–Trinajstić information content (AvgIpc) is 1.86. The molecule has 0 saturated heterocycles. The van der Waals surface area contributed by atoms with Gasteiger partial charge in [-0.25, -0.2) is 4.39 Å². The second-order valence-corrected chi connectivity index (χ2v) is 1.92. The van der Waals surface area contributed by atoms with Crippen LogP contribution in [-0.2, 0) is 6.18 Å². The Balaban J connectivity index is 0.00000121. The van der Waals surface area contributed by atoms with E-state index in [-0.39, 0.29) is 18.9 Å². The van der Waals surface area contributed by atoms with Crippen molar-refractivity contribution in [3.05, 3.63) is 35.6 Å².